The van der Waals surface area contributed by atoms with Crippen molar-refractivity contribution >= 4 is 113 Å². The van der Waals surface area contributed by atoms with Crippen LogP contribution in [0.25, 0.3) is 20.9 Å². The Morgan fingerprint density at radius 1 is 0.412 bits per heavy atom. The van der Waals surface area contributed by atoms with Crippen molar-refractivity contribution in [3.05, 3.63) is 245 Å². The lowest BCUT2D eigenvalue weighted by Crippen LogP contribution is -2.68. The molecule has 3 atom stereocenters. The van der Waals surface area contributed by atoms with E-state index in [1.165, 1.54) is 43.5 Å². The molecular weight excluding hydrogens is 1550 g/mol. The maximum atomic E-state index is 13.1. The van der Waals surface area contributed by atoms with Gasteiger partial charge in [-0.3, -0.25) is 0 Å². The summed E-state index contributed by atoms with van der Waals surface area (Å²) in [7, 11) is -8.23. The molecule has 0 spiro atoms. The first kappa shape index (κ1) is 86.5. The Balaban J connectivity index is 0.000000182. The van der Waals surface area contributed by atoms with Gasteiger partial charge in [0.05, 0.1) is 53.8 Å². The van der Waals surface area contributed by atoms with E-state index in [-0.39, 0.29) is 45.4 Å². The number of benzene rings is 6. The van der Waals surface area contributed by atoms with E-state index in [4.69, 9.17) is 33.8 Å². The maximum absolute atomic E-state index is 13.1. The molecule has 3 aromatic heterocycles. The molecule has 0 saturated carbocycles. The summed E-state index contributed by atoms with van der Waals surface area (Å²) in [5, 5.41) is 17.5. The lowest BCUT2D eigenvalue weighted by atomic mass is 10.2. The summed E-state index contributed by atoms with van der Waals surface area (Å²) in [6, 6.07) is 63.1. The van der Waals surface area contributed by atoms with Crippen LogP contribution < -0.4 is 51.1 Å². The van der Waals surface area contributed by atoms with Crippen LogP contribution in [-0.2, 0) is 22.8 Å². The van der Waals surface area contributed by atoms with Crippen molar-refractivity contribution in [1.29, 1.82) is 0 Å². The molecule has 3 aliphatic rings. The van der Waals surface area contributed by atoms with Gasteiger partial charge in [0.25, 0.3) is 25.0 Å². The van der Waals surface area contributed by atoms with E-state index in [1.54, 1.807) is 34.6 Å². The van der Waals surface area contributed by atoms with Crippen molar-refractivity contribution in [2.24, 2.45) is 10.2 Å². The molecule has 3 aliphatic heterocycles. The molecule has 114 heavy (non-hydrogen) atoms. The van der Waals surface area contributed by atoms with E-state index >= 15 is 0 Å². The van der Waals surface area contributed by atoms with Gasteiger partial charge in [-0.05, 0) is 115 Å². The standard InChI is InChI=1S/C30H39BrN4O3Si.C30H39N7O3Si.C25H31N7OSi/c1-29(2,3)38-28(36)34-17-18-35(27-32-19-23(31)20-33-27)24(21-34)22-37-39(30(4,5)6,25-13-9-7-10-14-25)26-15-11-8-12-16-26;1-29(2,3)40-28(38)36-17-18-37(27-32-19-23(20-33-27)34-35-31)24(21-36)22-39-41(30(4,5)6,25-13-9-7-10-14-25)26-15-11-8-12-16-26;1-25(2,3)34(22-10-6-4-7-11-22,23-12-8-5-9-13-23)33-19-21-18-27-14-15-32(21)24-28-16-20(17-29-24)30-31-26/h7-16,19-20,24H,17-18,21-22H2,1-6H3;7-16,19-20,24H,17-18,21-22H2,1-6H3;4-13,16-17,21,27H,14-15,18-19H2,1-3H3. The molecule has 6 aromatic carbocycles. The summed E-state index contributed by atoms with van der Waals surface area (Å²) < 4.78 is 33.9. The molecule has 2 amide bonds. The number of amides is 2. The molecule has 0 aliphatic carbocycles. The van der Waals surface area contributed by atoms with Gasteiger partial charge >= 0.3 is 12.2 Å². The minimum Gasteiger partial charge on any atom is -0.444 e. The fourth-order valence-electron chi connectivity index (χ4n) is 15.2. The number of hydrogen-bond acceptors (Lipinski definition) is 19. The first-order valence-corrected chi connectivity index (χ1v) is 45.3. The number of hydrogen-bond donors (Lipinski definition) is 1. The predicted octanol–water partition coefficient (Wildman–Crippen LogP) is 14.4. The number of carbonyl (C=O) groups excluding carboxylic acids is 2. The minimum absolute atomic E-state index is 0.0701. The van der Waals surface area contributed by atoms with Crippen molar-refractivity contribution in [1.82, 2.24) is 45.0 Å². The normalized spacial score (nSPS) is 16.5. The van der Waals surface area contributed by atoms with Gasteiger partial charge in [0, 0.05) is 106 Å². The number of piperazine rings is 3. The lowest BCUT2D eigenvalue weighted by Gasteiger charge is -2.46. The Hall–Kier alpha value is -9.91. The number of nitrogens with one attached hydrogen (secondary N) is 1. The third kappa shape index (κ3) is 21.2. The number of anilines is 3. The summed E-state index contributed by atoms with van der Waals surface area (Å²) in [6.07, 6.45) is 8.96. The highest BCUT2D eigenvalue weighted by atomic mass is 79.9. The number of aromatic nitrogens is 6. The smallest absolute Gasteiger partial charge is 0.410 e. The maximum Gasteiger partial charge on any atom is 0.410 e. The molecule has 3 unspecified atom stereocenters. The zero-order valence-electron chi connectivity index (χ0n) is 68.3. The van der Waals surface area contributed by atoms with Crippen LogP contribution in [0.3, 0.4) is 0 Å². The molecule has 25 nitrogen and oxygen atoms in total. The monoisotopic (exact) mass is 1660 g/mol. The van der Waals surface area contributed by atoms with E-state index in [2.05, 4.69) is 306 Å². The second-order valence-corrected chi connectivity index (χ2v) is 47.4. The molecule has 3 fully saturated rings. The number of nitrogens with zero attached hydrogens (tertiary/aromatic N) is 17. The Morgan fingerprint density at radius 3 is 0.939 bits per heavy atom. The van der Waals surface area contributed by atoms with Gasteiger partial charge in [-0.25, -0.2) is 39.5 Å². The van der Waals surface area contributed by atoms with Gasteiger partial charge in [0.2, 0.25) is 17.8 Å². The average molecular weight is 1660 g/mol. The highest BCUT2D eigenvalue weighted by Gasteiger charge is 2.54. The predicted molar refractivity (Wildman–Crippen MR) is 464 cm³/mol. The van der Waals surface area contributed by atoms with E-state index in [9.17, 15) is 9.59 Å². The molecule has 6 heterocycles. The van der Waals surface area contributed by atoms with Crippen LogP contribution in [0.4, 0.5) is 38.8 Å². The molecule has 9 aromatic rings. The SMILES string of the molecule is CC(C)(C)OC(=O)N1CCN(c2ncc(Br)cn2)C(CO[Si](c2ccccc2)(c2ccccc2)C(C)(C)C)C1.CC(C)(C)OC(=O)N1CCN(c2ncc(N=[N+]=[N-])cn2)C(CO[Si](c2ccccc2)(c2ccccc2)C(C)(C)C)C1.CC(C)(C)[Si](OCC1CNCCN1c1ncc(N=[N+]=[N-])cn1)(c1ccccc1)c1ccccc1. The Bertz CT molecular complexity index is 4520. The third-order valence-electron chi connectivity index (χ3n) is 20.3. The molecule has 29 heteroatoms. The van der Waals surface area contributed by atoms with Crippen LogP contribution in [0.1, 0.15) is 104 Å². The topological polar surface area (TPSA) is 283 Å². The first-order valence-electron chi connectivity index (χ1n) is 38.7. The molecule has 600 valence electrons. The summed E-state index contributed by atoms with van der Waals surface area (Å²) in [6.45, 7) is 38.2. The quantitative estimate of drug-likeness (QED) is 0.0321. The fourth-order valence-corrected chi connectivity index (χ4v) is 29.2. The summed E-state index contributed by atoms with van der Waals surface area (Å²) >= 11 is 3.44. The average Bonchev–Trinajstić information content (AvgIpc) is 0.753. The number of rotatable bonds is 20. The molecule has 1 N–H and O–H groups in total. The van der Waals surface area contributed by atoms with Crippen molar-refractivity contribution in [2.45, 2.75) is 148 Å². The van der Waals surface area contributed by atoms with E-state index in [1.807, 2.05) is 65.8 Å². The van der Waals surface area contributed by atoms with E-state index < -0.39 is 36.2 Å². The van der Waals surface area contributed by atoms with Crippen LogP contribution in [0.2, 0.25) is 15.1 Å². The van der Waals surface area contributed by atoms with Gasteiger partial charge in [-0.15, -0.1) is 0 Å². The number of ether oxygens (including phenoxy) is 2. The van der Waals surface area contributed by atoms with Crippen LogP contribution in [0, 0.1) is 0 Å². The van der Waals surface area contributed by atoms with Gasteiger partial charge in [-0.2, -0.15) is 0 Å². The molecule has 0 radical (unpaired) electrons. The number of carbonyl (C=O) groups is 2. The molecule has 0 bridgehead atoms. The lowest BCUT2D eigenvalue weighted by molar-refractivity contribution is 0.0188. The van der Waals surface area contributed by atoms with Gasteiger partial charge in [0.1, 0.15) is 11.2 Å². The highest BCUT2D eigenvalue weighted by Crippen LogP contribution is 2.41. The van der Waals surface area contributed by atoms with Crippen LogP contribution >= 0.6 is 15.9 Å². The zero-order valence-corrected chi connectivity index (χ0v) is 72.9. The Kier molecular flexibility index (Phi) is 28.9. The van der Waals surface area contributed by atoms with Crippen molar-refractivity contribution < 1.29 is 32.3 Å². The van der Waals surface area contributed by atoms with Gasteiger partial charge in [-0.1, -0.05) is 255 Å². The van der Waals surface area contributed by atoms with Crippen LogP contribution in [-0.4, -0.2) is 185 Å². The van der Waals surface area contributed by atoms with Crippen LogP contribution in [0.15, 0.2) is 234 Å². The highest BCUT2D eigenvalue weighted by molar-refractivity contribution is 9.10. The van der Waals surface area contributed by atoms with E-state index in [0.717, 1.165) is 24.1 Å². The second-order valence-electron chi connectivity index (χ2n) is 33.6. The number of halogens is 1. The largest absolute Gasteiger partial charge is 0.444 e. The summed E-state index contributed by atoms with van der Waals surface area (Å²) in [5.41, 5.74) is 17.0. The summed E-state index contributed by atoms with van der Waals surface area (Å²) in [5.74, 6) is 1.73. The van der Waals surface area contributed by atoms with E-state index in [0.29, 0.717) is 88.3 Å². The van der Waals surface area contributed by atoms with Gasteiger partial charge in [0.15, 0.2) is 0 Å². The third-order valence-corrected chi connectivity index (χ3v) is 35.7. The molecule has 3 saturated heterocycles. The Labute approximate surface area is 683 Å². The molecule has 12 rings (SSSR count). The Morgan fingerprint density at radius 2 is 0.675 bits per heavy atom. The van der Waals surface area contributed by atoms with Crippen molar-refractivity contribution in [3.63, 3.8) is 0 Å². The van der Waals surface area contributed by atoms with Crippen molar-refractivity contribution in [2.75, 3.05) is 93.4 Å². The molecular formula is C85H109BrN18O7Si3. The van der Waals surface area contributed by atoms with Gasteiger partial charge < -0.3 is 52.6 Å². The summed E-state index contributed by atoms with van der Waals surface area (Å²) in [4.78, 5) is 68.7. The zero-order chi connectivity index (χ0) is 82.0. The van der Waals surface area contributed by atoms with Crippen LogP contribution in [0.5, 0.6) is 0 Å². The minimum atomic E-state index is -2.83. The number of azide groups is 2. The second kappa shape index (κ2) is 38.0. The van der Waals surface area contributed by atoms with Crippen molar-refractivity contribution in [3.8, 4) is 0 Å². The fraction of sp³-hybridized carbons (Fsp3) is 0.412. The first-order chi connectivity index (χ1) is 54.3.